The Kier molecular flexibility index (Phi) is 5.82. The normalized spacial score (nSPS) is 11.9. The average molecular weight is 400 g/mol. The fourth-order valence-corrected chi connectivity index (χ4v) is 3.42. The van der Waals surface area contributed by atoms with Crippen LogP contribution in [0.5, 0.6) is 5.75 Å². The lowest BCUT2D eigenvalue weighted by Gasteiger charge is -2.15. The third kappa shape index (κ3) is 4.21. The molecule has 0 aliphatic heterocycles. The highest BCUT2D eigenvalue weighted by Crippen LogP contribution is 2.32. The number of carbonyl (C=O) groups is 1. The molecule has 3 aromatic carbocycles. The molecule has 0 fully saturated rings. The first-order chi connectivity index (χ1) is 14.7. The van der Waals surface area contributed by atoms with E-state index in [1.54, 1.807) is 13.2 Å². The smallest absolute Gasteiger partial charge is 0.291 e. The highest BCUT2D eigenvalue weighted by atomic mass is 16.5. The van der Waals surface area contributed by atoms with Crippen LogP contribution in [-0.2, 0) is 6.54 Å². The molecule has 30 heavy (non-hydrogen) atoms. The van der Waals surface area contributed by atoms with Crippen LogP contribution in [0.1, 0.15) is 34.6 Å². The molecule has 1 atom stereocenters. The number of anilines is 1. The van der Waals surface area contributed by atoms with Crippen LogP contribution in [-0.4, -0.2) is 13.0 Å². The van der Waals surface area contributed by atoms with Crippen molar-refractivity contribution < 1.29 is 13.9 Å². The van der Waals surface area contributed by atoms with Crippen LogP contribution in [0.15, 0.2) is 83.3 Å². The van der Waals surface area contributed by atoms with Crippen molar-refractivity contribution in [2.75, 3.05) is 12.4 Å². The molecule has 5 heteroatoms. The van der Waals surface area contributed by atoms with Gasteiger partial charge in [-0.15, -0.1) is 0 Å². The average Bonchev–Trinajstić information content (AvgIpc) is 3.24. The Labute approximate surface area is 175 Å². The monoisotopic (exact) mass is 400 g/mol. The van der Waals surface area contributed by atoms with Crippen molar-refractivity contribution in [1.82, 2.24) is 5.32 Å². The Hall–Kier alpha value is -3.57. The molecular weight excluding hydrogens is 376 g/mol. The van der Waals surface area contributed by atoms with Gasteiger partial charge in [-0.25, -0.2) is 0 Å². The second kappa shape index (κ2) is 8.84. The van der Waals surface area contributed by atoms with E-state index in [4.69, 9.17) is 9.15 Å². The lowest BCUT2D eigenvalue weighted by molar-refractivity contribution is 0.0998. The first-order valence-electron chi connectivity index (χ1n) is 9.90. The maximum Gasteiger partial charge on any atom is 0.291 e. The van der Waals surface area contributed by atoms with Gasteiger partial charge in [-0.05, 0) is 42.3 Å². The van der Waals surface area contributed by atoms with Gasteiger partial charge < -0.3 is 19.8 Å². The molecule has 5 nitrogen and oxygen atoms in total. The molecule has 0 saturated carbocycles. The zero-order valence-corrected chi connectivity index (χ0v) is 17.0. The van der Waals surface area contributed by atoms with E-state index in [-0.39, 0.29) is 17.7 Å². The Morgan fingerprint density at radius 3 is 2.40 bits per heavy atom. The van der Waals surface area contributed by atoms with Crippen molar-refractivity contribution in [1.29, 1.82) is 0 Å². The molecule has 0 spiro atoms. The fourth-order valence-electron chi connectivity index (χ4n) is 3.42. The van der Waals surface area contributed by atoms with E-state index >= 15 is 0 Å². The molecule has 152 valence electrons. The number of benzene rings is 3. The first-order valence-corrected chi connectivity index (χ1v) is 9.90. The summed E-state index contributed by atoms with van der Waals surface area (Å²) in [6, 6.07) is 25.4. The van der Waals surface area contributed by atoms with Crippen molar-refractivity contribution in [3.8, 4) is 5.75 Å². The predicted molar refractivity (Wildman–Crippen MR) is 119 cm³/mol. The van der Waals surface area contributed by atoms with Crippen LogP contribution < -0.4 is 15.4 Å². The van der Waals surface area contributed by atoms with Gasteiger partial charge in [0.25, 0.3) is 5.91 Å². The third-order valence-corrected chi connectivity index (χ3v) is 5.11. The van der Waals surface area contributed by atoms with E-state index < -0.39 is 0 Å². The van der Waals surface area contributed by atoms with E-state index in [9.17, 15) is 4.79 Å². The minimum atomic E-state index is -0.295. The summed E-state index contributed by atoms with van der Waals surface area (Å²) in [4.78, 5) is 12.7. The lowest BCUT2D eigenvalue weighted by Crippen LogP contribution is -2.18. The first kappa shape index (κ1) is 19.7. The van der Waals surface area contributed by atoms with Gasteiger partial charge in [-0.3, -0.25) is 4.79 Å². The van der Waals surface area contributed by atoms with Gasteiger partial charge in [-0.2, -0.15) is 0 Å². The summed E-state index contributed by atoms with van der Waals surface area (Å²) in [6.07, 6.45) is 0. The zero-order chi connectivity index (χ0) is 20.9. The maximum absolute atomic E-state index is 12.7. The molecule has 0 aliphatic carbocycles. The van der Waals surface area contributed by atoms with E-state index in [1.165, 1.54) is 5.56 Å². The topological polar surface area (TPSA) is 63.5 Å². The fraction of sp³-hybridized carbons (Fsp3) is 0.160. The van der Waals surface area contributed by atoms with Gasteiger partial charge in [-0.1, -0.05) is 54.6 Å². The van der Waals surface area contributed by atoms with Crippen molar-refractivity contribution in [2.24, 2.45) is 0 Å². The van der Waals surface area contributed by atoms with Gasteiger partial charge in [0, 0.05) is 23.7 Å². The second-order valence-electron chi connectivity index (χ2n) is 7.11. The summed E-state index contributed by atoms with van der Waals surface area (Å²) in [5.41, 5.74) is 3.55. The van der Waals surface area contributed by atoms with Gasteiger partial charge in [0.2, 0.25) is 0 Å². The summed E-state index contributed by atoms with van der Waals surface area (Å²) in [5.74, 6) is 0.551. The minimum absolute atomic E-state index is 0.191. The molecule has 0 unspecified atom stereocenters. The third-order valence-electron chi connectivity index (χ3n) is 5.11. The molecule has 0 radical (unpaired) electrons. The standard InChI is InChI=1S/C25H24N2O3/c1-17(18-9-5-3-6-10-18)26-16-19-13-14-22(29-2)24-21(19)15-23(30-24)25(28)27-20-11-7-4-8-12-20/h3-15,17,26H,16H2,1-2H3,(H,27,28)/t17-/m0/s1. The molecule has 1 heterocycles. The summed E-state index contributed by atoms with van der Waals surface area (Å²) in [6.45, 7) is 2.76. The number of ether oxygens (including phenoxy) is 1. The van der Waals surface area contributed by atoms with Crippen LogP contribution in [0.25, 0.3) is 11.0 Å². The van der Waals surface area contributed by atoms with Crippen LogP contribution in [0, 0.1) is 0 Å². The number of carbonyl (C=O) groups excluding carboxylic acids is 1. The zero-order valence-electron chi connectivity index (χ0n) is 17.0. The quantitative estimate of drug-likeness (QED) is 0.427. The molecule has 4 aromatic rings. The minimum Gasteiger partial charge on any atom is -0.493 e. The highest BCUT2D eigenvalue weighted by Gasteiger charge is 2.18. The van der Waals surface area contributed by atoms with Crippen molar-refractivity contribution in [3.63, 3.8) is 0 Å². The van der Waals surface area contributed by atoms with Gasteiger partial charge in [0.05, 0.1) is 7.11 Å². The molecule has 2 N–H and O–H groups in total. The largest absolute Gasteiger partial charge is 0.493 e. The van der Waals surface area contributed by atoms with Crippen molar-refractivity contribution in [3.05, 3.63) is 95.7 Å². The highest BCUT2D eigenvalue weighted by molar-refractivity contribution is 6.05. The second-order valence-corrected chi connectivity index (χ2v) is 7.11. The van der Waals surface area contributed by atoms with E-state index in [2.05, 4.69) is 29.7 Å². The van der Waals surface area contributed by atoms with Crippen LogP contribution in [0.2, 0.25) is 0 Å². The summed E-state index contributed by atoms with van der Waals surface area (Å²) in [5, 5.41) is 7.26. The molecular formula is C25H24N2O3. The summed E-state index contributed by atoms with van der Waals surface area (Å²) < 4.78 is 11.3. The number of methoxy groups -OCH3 is 1. The van der Waals surface area contributed by atoms with Crippen LogP contribution in [0.3, 0.4) is 0 Å². The SMILES string of the molecule is COc1ccc(CN[C@@H](C)c2ccccc2)c2cc(C(=O)Nc3ccccc3)oc12. The number of hydrogen-bond donors (Lipinski definition) is 2. The number of fused-ring (bicyclic) bond motifs is 1. The van der Waals surface area contributed by atoms with E-state index in [1.807, 2.05) is 60.7 Å². The predicted octanol–water partition coefficient (Wildman–Crippen LogP) is 5.54. The Morgan fingerprint density at radius 2 is 1.70 bits per heavy atom. The summed E-state index contributed by atoms with van der Waals surface area (Å²) >= 11 is 0. The van der Waals surface area contributed by atoms with E-state index in [0.717, 1.165) is 10.9 Å². The molecule has 4 rings (SSSR count). The Bertz CT molecular complexity index is 1140. The Morgan fingerprint density at radius 1 is 1.00 bits per heavy atom. The van der Waals surface area contributed by atoms with Gasteiger partial charge in [0.1, 0.15) is 0 Å². The number of rotatable bonds is 7. The van der Waals surface area contributed by atoms with Crippen molar-refractivity contribution in [2.45, 2.75) is 19.5 Å². The van der Waals surface area contributed by atoms with E-state index in [0.29, 0.717) is 23.6 Å². The maximum atomic E-state index is 12.7. The molecule has 0 saturated heterocycles. The summed E-state index contributed by atoms with van der Waals surface area (Å²) in [7, 11) is 1.59. The van der Waals surface area contributed by atoms with Crippen molar-refractivity contribution >= 4 is 22.6 Å². The number of furan rings is 1. The number of para-hydroxylation sites is 1. The van der Waals surface area contributed by atoms with Crippen LogP contribution >= 0.6 is 0 Å². The lowest BCUT2D eigenvalue weighted by atomic mass is 10.1. The van der Waals surface area contributed by atoms with Gasteiger partial charge >= 0.3 is 0 Å². The van der Waals surface area contributed by atoms with Gasteiger partial charge in [0.15, 0.2) is 17.1 Å². The molecule has 1 amide bonds. The Balaban J connectivity index is 1.59. The molecule has 1 aromatic heterocycles. The number of nitrogens with one attached hydrogen (secondary N) is 2. The number of hydrogen-bond acceptors (Lipinski definition) is 4. The molecule has 0 aliphatic rings. The number of amides is 1. The van der Waals surface area contributed by atoms with Crippen LogP contribution in [0.4, 0.5) is 5.69 Å². The molecule has 0 bridgehead atoms.